The number of hydrogen-bond acceptors (Lipinski definition) is 4. The van der Waals surface area contributed by atoms with E-state index in [-0.39, 0.29) is 11.9 Å². The summed E-state index contributed by atoms with van der Waals surface area (Å²) in [7, 11) is 2.10. The van der Waals surface area contributed by atoms with E-state index < -0.39 is 0 Å². The number of aromatic nitrogens is 2. The molecule has 0 aliphatic carbocycles. The Hall–Kier alpha value is -2.08. The fourth-order valence-electron chi connectivity index (χ4n) is 2.61. The number of anilines is 1. The Morgan fingerprint density at radius 3 is 2.95 bits per heavy atom. The highest BCUT2D eigenvalue weighted by Gasteiger charge is 2.21. The van der Waals surface area contributed by atoms with Crippen LogP contribution in [-0.4, -0.2) is 47.2 Å². The van der Waals surface area contributed by atoms with Gasteiger partial charge < -0.3 is 16.0 Å². The van der Waals surface area contributed by atoms with Gasteiger partial charge in [-0.15, -0.1) is 0 Å². The van der Waals surface area contributed by atoms with Crippen LogP contribution in [0.3, 0.4) is 0 Å². The fraction of sp³-hybridized carbons (Fsp3) is 0.429. The first-order valence-electron chi connectivity index (χ1n) is 6.86. The third-order valence-corrected chi connectivity index (χ3v) is 3.86. The molecule has 3 rings (SSSR count). The molecule has 1 fully saturated rings. The number of nitrogens with zero attached hydrogens (tertiary/aromatic N) is 2. The zero-order valence-electron chi connectivity index (χ0n) is 11.5. The molecule has 1 amide bonds. The summed E-state index contributed by atoms with van der Waals surface area (Å²) in [5, 5.41) is 10.8. The van der Waals surface area contributed by atoms with E-state index in [1.165, 1.54) is 0 Å². The molecule has 20 heavy (non-hydrogen) atoms. The number of H-pyrrole nitrogens is 1. The van der Waals surface area contributed by atoms with Crippen LogP contribution in [0.4, 0.5) is 5.69 Å². The van der Waals surface area contributed by atoms with Crippen LogP contribution in [-0.2, 0) is 0 Å². The zero-order chi connectivity index (χ0) is 14.1. The number of carbonyl (C=O) groups is 1. The molecule has 2 aromatic rings. The Labute approximate surface area is 117 Å². The van der Waals surface area contributed by atoms with Gasteiger partial charge in [-0.05, 0) is 51.2 Å². The Morgan fingerprint density at radius 1 is 1.45 bits per heavy atom. The van der Waals surface area contributed by atoms with Crippen LogP contribution in [0.15, 0.2) is 18.2 Å². The molecular weight excluding hydrogens is 254 g/mol. The van der Waals surface area contributed by atoms with Gasteiger partial charge in [0, 0.05) is 17.1 Å². The van der Waals surface area contributed by atoms with Crippen molar-refractivity contribution >= 4 is 22.5 Å². The van der Waals surface area contributed by atoms with E-state index in [1.807, 2.05) is 6.07 Å². The van der Waals surface area contributed by atoms with Crippen molar-refractivity contribution in [3.05, 3.63) is 23.9 Å². The van der Waals surface area contributed by atoms with Gasteiger partial charge in [-0.1, -0.05) is 0 Å². The monoisotopic (exact) mass is 273 g/mol. The molecule has 1 saturated heterocycles. The Bertz CT molecular complexity index is 628. The summed E-state index contributed by atoms with van der Waals surface area (Å²) in [5.41, 5.74) is 7.65. The molecule has 0 saturated carbocycles. The van der Waals surface area contributed by atoms with Crippen molar-refractivity contribution in [2.45, 2.75) is 18.9 Å². The van der Waals surface area contributed by atoms with Crippen molar-refractivity contribution in [3.8, 4) is 0 Å². The van der Waals surface area contributed by atoms with Gasteiger partial charge in [0.1, 0.15) is 0 Å². The normalized spacial score (nSPS) is 17.4. The number of nitrogen functional groups attached to an aromatic ring is 1. The molecule has 6 nitrogen and oxygen atoms in total. The molecule has 1 aliphatic heterocycles. The second kappa shape index (κ2) is 5.13. The number of nitrogens with two attached hydrogens (primary N) is 1. The van der Waals surface area contributed by atoms with Gasteiger partial charge in [0.05, 0.1) is 5.52 Å². The van der Waals surface area contributed by atoms with E-state index in [4.69, 9.17) is 5.73 Å². The Morgan fingerprint density at radius 2 is 2.20 bits per heavy atom. The van der Waals surface area contributed by atoms with E-state index in [9.17, 15) is 4.79 Å². The smallest absolute Gasteiger partial charge is 0.272 e. The third-order valence-electron chi connectivity index (χ3n) is 3.86. The number of piperidine rings is 1. The minimum absolute atomic E-state index is 0.128. The lowest BCUT2D eigenvalue weighted by molar-refractivity contribution is 0.0913. The summed E-state index contributed by atoms with van der Waals surface area (Å²) in [6.07, 6.45) is 1.96. The number of nitrogens with one attached hydrogen (secondary N) is 2. The maximum Gasteiger partial charge on any atom is 0.272 e. The molecular formula is C14H19N5O. The van der Waals surface area contributed by atoms with Crippen molar-refractivity contribution in [3.63, 3.8) is 0 Å². The Balaban J connectivity index is 1.77. The highest BCUT2D eigenvalue weighted by Crippen LogP contribution is 2.19. The number of hydrogen-bond donors (Lipinski definition) is 3. The van der Waals surface area contributed by atoms with Gasteiger partial charge in [-0.3, -0.25) is 9.89 Å². The van der Waals surface area contributed by atoms with Crippen molar-refractivity contribution < 1.29 is 4.79 Å². The molecule has 1 aromatic carbocycles. The summed E-state index contributed by atoms with van der Waals surface area (Å²) < 4.78 is 0. The van der Waals surface area contributed by atoms with Crippen LogP contribution < -0.4 is 11.1 Å². The lowest BCUT2D eigenvalue weighted by Crippen LogP contribution is -2.43. The lowest BCUT2D eigenvalue weighted by Gasteiger charge is -2.29. The van der Waals surface area contributed by atoms with Gasteiger partial charge in [-0.25, -0.2) is 0 Å². The van der Waals surface area contributed by atoms with E-state index in [0.717, 1.165) is 36.8 Å². The number of fused-ring (bicyclic) bond motifs is 1. The first-order valence-corrected chi connectivity index (χ1v) is 6.86. The van der Waals surface area contributed by atoms with Gasteiger partial charge in [0.25, 0.3) is 5.91 Å². The first-order chi connectivity index (χ1) is 9.63. The molecule has 0 spiro atoms. The maximum absolute atomic E-state index is 12.3. The average molecular weight is 273 g/mol. The number of aromatic amines is 1. The number of rotatable bonds is 2. The molecule has 1 aliphatic rings. The van der Waals surface area contributed by atoms with Gasteiger partial charge in [0.2, 0.25) is 0 Å². The fourth-order valence-corrected chi connectivity index (χ4v) is 2.61. The van der Waals surface area contributed by atoms with E-state index >= 15 is 0 Å². The van der Waals surface area contributed by atoms with Crippen LogP contribution in [0.5, 0.6) is 0 Å². The topological polar surface area (TPSA) is 87.0 Å². The largest absolute Gasteiger partial charge is 0.399 e. The third kappa shape index (κ3) is 2.46. The van der Waals surface area contributed by atoms with E-state index in [0.29, 0.717) is 11.4 Å². The zero-order valence-corrected chi connectivity index (χ0v) is 11.5. The summed E-state index contributed by atoms with van der Waals surface area (Å²) >= 11 is 0. The lowest BCUT2D eigenvalue weighted by atomic mass is 10.1. The van der Waals surface area contributed by atoms with Gasteiger partial charge >= 0.3 is 0 Å². The summed E-state index contributed by atoms with van der Waals surface area (Å²) in [4.78, 5) is 14.6. The van der Waals surface area contributed by atoms with E-state index in [1.54, 1.807) is 12.1 Å². The molecule has 0 atom stereocenters. The predicted octanol–water partition coefficient (Wildman–Crippen LogP) is 0.969. The van der Waals surface area contributed by atoms with Gasteiger partial charge in [-0.2, -0.15) is 5.10 Å². The molecule has 0 unspecified atom stereocenters. The number of likely N-dealkylation sites (tertiary alicyclic amines) is 1. The quantitative estimate of drug-likeness (QED) is 0.712. The number of carbonyl (C=O) groups excluding carboxylic acids is 1. The molecule has 2 heterocycles. The van der Waals surface area contributed by atoms with E-state index in [2.05, 4.69) is 27.5 Å². The molecule has 106 valence electrons. The molecule has 4 N–H and O–H groups in total. The number of benzene rings is 1. The standard InChI is InChI=1S/C14H19N5O/c1-19-6-4-10(5-7-19)16-14(20)13-11-8-9(15)2-3-12(11)17-18-13/h2-3,8,10H,4-7,15H2,1H3,(H,16,20)(H,17,18). The maximum atomic E-state index is 12.3. The SMILES string of the molecule is CN1CCC(NC(=O)c2n[nH]c3ccc(N)cc23)CC1. The second-order valence-corrected chi connectivity index (χ2v) is 5.43. The summed E-state index contributed by atoms with van der Waals surface area (Å²) in [6, 6.07) is 5.64. The van der Waals surface area contributed by atoms with Crippen LogP contribution in [0.2, 0.25) is 0 Å². The molecule has 1 aromatic heterocycles. The average Bonchev–Trinajstić information content (AvgIpc) is 2.84. The Kier molecular flexibility index (Phi) is 3.31. The number of amides is 1. The van der Waals surface area contributed by atoms with Crippen molar-refractivity contribution in [2.24, 2.45) is 0 Å². The molecule has 6 heteroatoms. The summed E-state index contributed by atoms with van der Waals surface area (Å²) in [5.74, 6) is -0.128. The molecule has 0 bridgehead atoms. The van der Waals surface area contributed by atoms with Crippen molar-refractivity contribution in [1.82, 2.24) is 20.4 Å². The highest BCUT2D eigenvalue weighted by atomic mass is 16.2. The highest BCUT2D eigenvalue weighted by molar-refractivity contribution is 6.05. The van der Waals surface area contributed by atoms with Crippen LogP contribution in [0.1, 0.15) is 23.3 Å². The molecule has 0 radical (unpaired) electrons. The minimum Gasteiger partial charge on any atom is -0.399 e. The summed E-state index contributed by atoms with van der Waals surface area (Å²) in [6.45, 7) is 2.03. The van der Waals surface area contributed by atoms with Crippen LogP contribution in [0.25, 0.3) is 10.9 Å². The van der Waals surface area contributed by atoms with Crippen LogP contribution in [0, 0.1) is 0 Å². The second-order valence-electron chi connectivity index (χ2n) is 5.43. The minimum atomic E-state index is -0.128. The van der Waals surface area contributed by atoms with Crippen molar-refractivity contribution in [1.29, 1.82) is 0 Å². The van der Waals surface area contributed by atoms with Crippen molar-refractivity contribution in [2.75, 3.05) is 25.9 Å². The predicted molar refractivity (Wildman–Crippen MR) is 78.5 cm³/mol. The first kappa shape index (κ1) is 12.9. The van der Waals surface area contributed by atoms with Crippen LogP contribution >= 0.6 is 0 Å². The van der Waals surface area contributed by atoms with Gasteiger partial charge in [0.15, 0.2) is 5.69 Å².